The van der Waals surface area contributed by atoms with E-state index in [1.54, 1.807) is 13.0 Å². The summed E-state index contributed by atoms with van der Waals surface area (Å²) >= 11 is 1.30. The normalized spacial score (nSPS) is 11.8. The number of nitrogens with zero attached hydrogens (tertiary/aromatic N) is 3. The molecule has 1 unspecified atom stereocenters. The lowest BCUT2D eigenvalue weighted by molar-refractivity contribution is -0.115. The van der Waals surface area contributed by atoms with Gasteiger partial charge in [-0.25, -0.2) is 9.67 Å². The molecule has 0 saturated heterocycles. The molecule has 0 aliphatic heterocycles. The monoisotopic (exact) mass is 463 g/mol. The summed E-state index contributed by atoms with van der Waals surface area (Å²) in [6.45, 7) is 5.83. The number of hydrogen-bond acceptors (Lipinski definition) is 7. The molecule has 0 fully saturated rings. The average molecular weight is 464 g/mol. The van der Waals surface area contributed by atoms with Gasteiger partial charge in [0.05, 0.1) is 29.3 Å². The van der Waals surface area contributed by atoms with Crippen LogP contribution in [0.1, 0.15) is 26.8 Å². The molecule has 0 bridgehead atoms. The fraction of sp³-hybridized carbons (Fsp3) is 0.333. The van der Waals surface area contributed by atoms with E-state index in [-0.39, 0.29) is 36.5 Å². The van der Waals surface area contributed by atoms with Crippen molar-refractivity contribution in [2.75, 3.05) is 18.4 Å². The fourth-order valence-electron chi connectivity index (χ4n) is 2.81. The zero-order chi connectivity index (χ0) is 21.7. The van der Waals surface area contributed by atoms with Crippen LogP contribution in [0.4, 0.5) is 5.13 Å². The van der Waals surface area contributed by atoms with Gasteiger partial charge in [0.1, 0.15) is 5.69 Å². The predicted octanol–water partition coefficient (Wildman–Crippen LogP) is 2.95. The number of carbonyl (C=O) groups is 1. The first kappa shape index (κ1) is 24.7. The van der Waals surface area contributed by atoms with Crippen molar-refractivity contribution in [3.05, 3.63) is 52.8 Å². The molecular weight excluding hydrogens is 438 g/mol. The van der Waals surface area contributed by atoms with Crippen molar-refractivity contribution in [3.8, 4) is 21.8 Å². The van der Waals surface area contributed by atoms with Gasteiger partial charge in [-0.05, 0) is 26.8 Å². The number of thiazole rings is 1. The Hall–Kier alpha value is -2.59. The molecule has 2 aromatic heterocycles. The smallest absolute Gasteiger partial charge is 0.267 e. The molecule has 3 N–H and O–H groups in total. The van der Waals surface area contributed by atoms with Crippen LogP contribution in [0.2, 0.25) is 0 Å². The van der Waals surface area contributed by atoms with Gasteiger partial charge < -0.3 is 15.7 Å². The topological polar surface area (TPSA) is 109 Å². The second-order valence-electron chi connectivity index (χ2n) is 7.19. The molecular formula is C21H26ClN5O3S. The molecule has 2 heterocycles. The van der Waals surface area contributed by atoms with Crippen LogP contribution in [0.15, 0.2) is 47.3 Å². The van der Waals surface area contributed by atoms with Crippen LogP contribution in [0.5, 0.6) is 0 Å². The average Bonchev–Trinajstić information content (AvgIpc) is 3.12. The summed E-state index contributed by atoms with van der Waals surface area (Å²) in [6.07, 6.45) is -0.531. The molecule has 3 aromatic rings. The first-order valence-electron chi connectivity index (χ1n) is 9.70. The molecule has 0 saturated carbocycles. The number of nitrogens with one attached hydrogen (secondary N) is 2. The number of amides is 1. The standard InChI is InChI=1S/C21H25N5O3S.ClH/c1-13(2)26-18(29)10-9-16(25-26)20-19(15-7-5-4-6-8-15)24-21(30-20)23-17(28)12-22-11-14(3)27;/h4-10,13-14,22,27H,11-12H2,1-3H3,(H,23,24,28);1H. The maximum atomic E-state index is 12.2. The van der Waals surface area contributed by atoms with E-state index in [1.807, 2.05) is 44.2 Å². The van der Waals surface area contributed by atoms with Gasteiger partial charge in [-0.1, -0.05) is 41.7 Å². The minimum absolute atomic E-state index is 0. The van der Waals surface area contributed by atoms with Crippen molar-refractivity contribution < 1.29 is 9.90 Å². The molecule has 1 amide bonds. The Morgan fingerprint density at radius 1 is 1.16 bits per heavy atom. The summed E-state index contributed by atoms with van der Waals surface area (Å²) in [5, 5.41) is 19.9. The first-order chi connectivity index (χ1) is 14.3. The maximum Gasteiger partial charge on any atom is 0.267 e. The van der Waals surface area contributed by atoms with Crippen LogP contribution in [-0.4, -0.2) is 45.0 Å². The molecule has 8 nitrogen and oxygen atoms in total. The van der Waals surface area contributed by atoms with Gasteiger partial charge in [0.15, 0.2) is 5.13 Å². The number of aromatic nitrogens is 3. The van der Waals surface area contributed by atoms with Crippen molar-refractivity contribution >= 4 is 34.8 Å². The number of aliphatic hydroxyl groups is 1. The summed E-state index contributed by atoms with van der Waals surface area (Å²) in [4.78, 5) is 29.7. The van der Waals surface area contributed by atoms with Crippen molar-refractivity contribution in [3.63, 3.8) is 0 Å². The summed E-state index contributed by atoms with van der Waals surface area (Å²) in [6, 6.07) is 12.7. The van der Waals surface area contributed by atoms with Crippen LogP contribution in [0.3, 0.4) is 0 Å². The highest BCUT2D eigenvalue weighted by molar-refractivity contribution is 7.19. The van der Waals surface area contributed by atoms with Gasteiger partial charge in [0.2, 0.25) is 5.91 Å². The second-order valence-corrected chi connectivity index (χ2v) is 8.19. The number of hydrogen-bond donors (Lipinski definition) is 3. The fourth-order valence-corrected chi connectivity index (χ4v) is 3.78. The summed E-state index contributed by atoms with van der Waals surface area (Å²) in [7, 11) is 0. The van der Waals surface area contributed by atoms with E-state index < -0.39 is 6.10 Å². The Labute approximate surface area is 190 Å². The van der Waals surface area contributed by atoms with Crippen LogP contribution in [0, 0.1) is 0 Å². The molecule has 31 heavy (non-hydrogen) atoms. The quantitative estimate of drug-likeness (QED) is 0.474. The Morgan fingerprint density at radius 2 is 1.87 bits per heavy atom. The van der Waals surface area contributed by atoms with Gasteiger partial charge in [-0.15, -0.1) is 12.4 Å². The van der Waals surface area contributed by atoms with Gasteiger partial charge in [-0.3, -0.25) is 9.59 Å². The zero-order valence-corrected chi connectivity index (χ0v) is 19.2. The Bertz CT molecular complexity index is 1070. The molecule has 1 atom stereocenters. The summed E-state index contributed by atoms with van der Waals surface area (Å²) in [5.74, 6) is -0.254. The minimum Gasteiger partial charge on any atom is -0.392 e. The molecule has 0 radical (unpaired) electrons. The second kappa shape index (κ2) is 11.1. The van der Waals surface area contributed by atoms with Crippen LogP contribution in [-0.2, 0) is 4.79 Å². The molecule has 166 valence electrons. The highest BCUT2D eigenvalue weighted by atomic mass is 35.5. The van der Waals surface area contributed by atoms with Crippen LogP contribution < -0.4 is 16.2 Å². The van der Waals surface area contributed by atoms with E-state index in [1.165, 1.54) is 22.1 Å². The third-order valence-corrected chi connectivity index (χ3v) is 5.19. The van der Waals surface area contributed by atoms with Gasteiger partial charge in [-0.2, -0.15) is 5.10 Å². The molecule has 3 rings (SSSR count). The number of aliphatic hydroxyl groups excluding tert-OH is 1. The lowest BCUT2D eigenvalue weighted by Crippen LogP contribution is -2.32. The number of benzene rings is 1. The third-order valence-electron chi connectivity index (χ3n) is 4.19. The van der Waals surface area contributed by atoms with E-state index in [0.717, 1.165) is 10.4 Å². The highest BCUT2D eigenvalue weighted by Crippen LogP contribution is 2.37. The molecule has 0 aliphatic carbocycles. The Morgan fingerprint density at radius 3 is 2.52 bits per heavy atom. The predicted molar refractivity (Wildman–Crippen MR) is 126 cm³/mol. The van der Waals surface area contributed by atoms with Crippen molar-refractivity contribution in [2.45, 2.75) is 32.9 Å². The highest BCUT2D eigenvalue weighted by Gasteiger charge is 2.18. The van der Waals surface area contributed by atoms with Gasteiger partial charge >= 0.3 is 0 Å². The largest absolute Gasteiger partial charge is 0.392 e. The lowest BCUT2D eigenvalue weighted by atomic mass is 10.1. The molecule has 0 aliphatic rings. The van der Waals surface area contributed by atoms with Crippen molar-refractivity contribution in [1.82, 2.24) is 20.1 Å². The van der Waals surface area contributed by atoms with Gasteiger partial charge in [0, 0.05) is 18.2 Å². The minimum atomic E-state index is -0.531. The number of anilines is 1. The number of rotatable bonds is 8. The lowest BCUT2D eigenvalue weighted by Gasteiger charge is -2.09. The number of carbonyl (C=O) groups excluding carboxylic acids is 1. The van der Waals surface area contributed by atoms with Crippen LogP contribution in [0.25, 0.3) is 21.8 Å². The zero-order valence-electron chi connectivity index (χ0n) is 17.5. The van der Waals surface area contributed by atoms with Crippen molar-refractivity contribution in [1.29, 1.82) is 0 Å². The SMILES string of the molecule is CC(O)CNCC(=O)Nc1nc(-c2ccccc2)c(-c2ccc(=O)n(C(C)C)n2)s1.Cl. The van der Waals surface area contributed by atoms with Crippen molar-refractivity contribution in [2.24, 2.45) is 0 Å². The van der Waals surface area contributed by atoms with Crippen LogP contribution >= 0.6 is 23.7 Å². The molecule has 10 heteroatoms. The Kier molecular flexibility index (Phi) is 8.88. The first-order valence-corrected chi connectivity index (χ1v) is 10.5. The van der Waals surface area contributed by atoms with E-state index in [9.17, 15) is 14.7 Å². The molecule has 0 spiro atoms. The number of halogens is 1. The Balaban J connectivity index is 0.00000341. The summed E-state index contributed by atoms with van der Waals surface area (Å²) < 4.78 is 1.43. The third kappa shape index (κ3) is 6.44. The van der Waals surface area contributed by atoms with E-state index >= 15 is 0 Å². The van der Waals surface area contributed by atoms with E-state index in [0.29, 0.717) is 23.1 Å². The maximum absolute atomic E-state index is 12.2. The molecule has 1 aromatic carbocycles. The summed E-state index contributed by atoms with van der Waals surface area (Å²) in [5.41, 5.74) is 2.03. The van der Waals surface area contributed by atoms with E-state index in [2.05, 4.69) is 20.7 Å². The van der Waals surface area contributed by atoms with Gasteiger partial charge in [0.25, 0.3) is 5.56 Å². The van der Waals surface area contributed by atoms with E-state index in [4.69, 9.17) is 0 Å².